The summed E-state index contributed by atoms with van der Waals surface area (Å²) in [6.45, 7) is 2.95. The number of unbranched alkanes of at least 4 members (excludes halogenated alkanes) is 2. The molecule has 4 nitrogen and oxygen atoms in total. The Kier molecular flexibility index (Phi) is 5.53. The van der Waals surface area contributed by atoms with E-state index in [4.69, 9.17) is 0 Å². The number of amides is 1. The Morgan fingerprint density at radius 3 is 2.50 bits per heavy atom. The van der Waals surface area contributed by atoms with Gasteiger partial charge in [-0.3, -0.25) is 9.89 Å². The Morgan fingerprint density at radius 1 is 1.07 bits per heavy atom. The lowest BCUT2D eigenvalue weighted by Gasteiger charge is -2.26. The standard InChI is InChI=1S/C23H25N3OS/c1-3-4-8-15-26-22(17-11-13-18(28-2)14-12-17)19-20(16-9-6-5-7-10-16)24-25-21(19)23(26)27/h5-7,9-14,22H,3-4,8,15H2,1-2H3,(H,24,25). The van der Waals surface area contributed by atoms with Crippen LogP contribution in [0.1, 0.15) is 53.8 Å². The van der Waals surface area contributed by atoms with Crippen molar-refractivity contribution in [1.29, 1.82) is 0 Å². The van der Waals surface area contributed by atoms with Crippen LogP contribution in [0.4, 0.5) is 0 Å². The normalized spacial score (nSPS) is 15.9. The first-order valence-corrected chi connectivity index (χ1v) is 11.1. The molecule has 1 aliphatic heterocycles. The van der Waals surface area contributed by atoms with E-state index >= 15 is 0 Å². The fraction of sp³-hybridized carbons (Fsp3) is 0.304. The third-order valence-corrected chi connectivity index (χ3v) is 6.09. The number of hydrogen-bond acceptors (Lipinski definition) is 3. The van der Waals surface area contributed by atoms with Crippen molar-refractivity contribution in [3.63, 3.8) is 0 Å². The summed E-state index contributed by atoms with van der Waals surface area (Å²) in [5, 5.41) is 7.55. The van der Waals surface area contributed by atoms with Crippen molar-refractivity contribution < 1.29 is 4.79 Å². The second-order valence-electron chi connectivity index (χ2n) is 7.11. The molecule has 4 rings (SSSR count). The topological polar surface area (TPSA) is 49.0 Å². The van der Waals surface area contributed by atoms with Gasteiger partial charge in [0.1, 0.15) is 5.69 Å². The van der Waals surface area contributed by atoms with Gasteiger partial charge in [-0.15, -0.1) is 11.8 Å². The molecule has 0 aliphatic carbocycles. The van der Waals surface area contributed by atoms with Gasteiger partial charge in [-0.25, -0.2) is 0 Å². The molecule has 0 spiro atoms. The molecule has 1 aliphatic rings. The zero-order chi connectivity index (χ0) is 19.5. The maximum atomic E-state index is 13.2. The van der Waals surface area contributed by atoms with Crippen molar-refractivity contribution in [2.75, 3.05) is 12.8 Å². The monoisotopic (exact) mass is 391 g/mol. The Balaban J connectivity index is 1.79. The van der Waals surface area contributed by atoms with Crippen LogP contribution < -0.4 is 0 Å². The molecule has 0 fully saturated rings. The number of hydrogen-bond donors (Lipinski definition) is 1. The zero-order valence-corrected chi connectivity index (χ0v) is 17.1. The van der Waals surface area contributed by atoms with Gasteiger partial charge in [0.25, 0.3) is 5.91 Å². The number of carbonyl (C=O) groups is 1. The molecule has 1 N–H and O–H groups in total. The smallest absolute Gasteiger partial charge is 0.273 e. The highest BCUT2D eigenvalue weighted by Gasteiger charge is 2.41. The summed E-state index contributed by atoms with van der Waals surface area (Å²) in [5.74, 6) is 0.0553. The molecule has 3 aromatic rings. The van der Waals surface area contributed by atoms with Crippen LogP contribution in [0.25, 0.3) is 11.3 Å². The first-order valence-electron chi connectivity index (χ1n) is 9.83. The lowest BCUT2D eigenvalue weighted by Crippen LogP contribution is -2.30. The van der Waals surface area contributed by atoms with E-state index in [1.807, 2.05) is 23.1 Å². The number of rotatable bonds is 7. The van der Waals surface area contributed by atoms with Crippen molar-refractivity contribution in [2.24, 2.45) is 0 Å². The Hall–Kier alpha value is -2.53. The van der Waals surface area contributed by atoms with Crippen LogP contribution in [0.15, 0.2) is 59.5 Å². The van der Waals surface area contributed by atoms with Crippen LogP contribution in [0, 0.1) is 0 Å². The Bertz CT molecular complexity index is 950. The van der Waals surface area contributed by atoms with Gasteiger partial charge in [-0.2, -0.15) is 5.10 Å². The van der Waals surface area contributed by atoms with E-state index in [1.54, 1.807) is 11.8 Å². The van der Waals surface area contributed by atoms with E-state index in [-0.39, 0.29) is 11.9 Å². The van der Waals surface area contributed by atoms with Crippen LogP contribution in [0.3, 0.4) is 0 Å². The minimum Gasteiger partial charge on any atom is -0.326 e. The van der Waals surface area contributed by atoms with Gasteiger partial charge < -0.3 is 4.90 Å². The minimum absolute atomic E-state index is 0.0553. The summed E-state index contributed by atoms with van der Waals surface area (Å²) in [7, 11) is 0. The van der Waals surface area contributed by atoms with Crippen molar-refractivity contribution in [1.82, 2.24) is 15.1 Å². The first-order chi connectivity index (χ1) is 13.7. The largest absolute Gasteiger partial charge is 0.326 e. The molecule has 1 unspecified atom stereocenters. The Morgan fingerprint density at radius 2 is 1.82 bits per heavy atom. The molecule has 0 bridgehead atoms. The van der Waals surface area contributed by atoms with E-state index in [2.05, 4.69) is 59.8 Å². The highest BCUT2D eigenvalue weighted by atomic mass is 32.2. The molecule has 1 aromatic heterocycles. The van der Waals surface area contributed by atoms with Crippen LogP contribution in [-0.4, -0.2) is 33.8 Å². The number of nitrogens with one attached hydrogen (secondary N) is 1. The number of aromatic amines is 1. The van der Waals surface area contributed by atoms with Gasteiger partial charge in [0.2, 0.25) is 0 Å². The second kappa shape index (κ2) is 8.23. The van der Waals surface area contributed by atoms with Crippen molar-refractivity contribution in [3.05, 3.63) is 71.4 Å². The number of thioether (sulfide) groups is 1. The molecule has 0 saturated heterocycles. The van der Waals surface area contributed by atoms with Gasteiger partial charge in [-0.05, 0) is 30.4 Å². The average molecular weight is 392 g/mol. The Labute approximate surface area is 170 Å². The van der Waals surface area contributed by atoms with E-state index in [0.717, 1.165) is 48.2 Å². The number of benzene rings is 2. The van der Waals surface area contributed by atoms with Gasteiger partial charge in [0, 0.05) is 22.6 Å². The summed E-state index contributed by atoms with van der Waals surface area (Å²) >= 11 is 1.73. The molecule has 2 heterocycles. The van der Waals surface area contributed by atoms with Crippen LogP contribution >= 0.6 is 11.8 Å². The van der Waals surface area contributed by atoms with Gasteiger partial charge in [-0.1, -0.05) is 62.2 Å². The summed E-state index contributed by atoms with van der Waals surface area (Å²) in [4.78, 5) is 16.4. The van der Waals surface area contributed by atoms with E-state index in [9.17, 15) is 4.79 Å². The third-order valence-electron chi connectivity index (χ3n) is 5.35. The number of fused-ring (bicyclic) bond motifs is 1. The zero-order valence-electron chi connectivity index (χ0n) is 16.3. The third kappa shape index (κ3) is 3.35. The number of aromatic nitrogens is 2. The molecular formula is C23H25N3OS. The quantitative estimate of drug-likeness (QED) is 0.425. The molecule has 28 heavy (non-hydrogen) atoms. The highest BCUT2D eigenvalue weighted by Crippen LogP contribution is 2.43. The molecule has 144 valence electrons. The summed E-state index contributed by atoms with van der Waals surface area (Å²) < 4.78 is 0. The van der Waals surface area contributed by atoms with E-state index in [1.165, 1.54) is 4.90 Å². The van der Waals surface area contributed by atoms with Crippen molar-refractivity contribution >= 4 is 17.7 Å². The van der Waals surface area contributed by atoms with E-state index in [0.29, 0.717) is 5.69 Å². The lowest BCUT2D eigenvalue weighted by atomic mass is 9.96. The highest BCUT2D eigenvalue weighted by molar-refractivity contribution is 7.98. The van der Waals surface area contributed by atoms with Crippen molar-refractivity contribution in [3.8, 4) is 11.3 Å². The van der Waals surface area contributed by atoms with Gasteiger partial charge in [0.05, 0.1) is 11.7 Å². The molecule has 1 atom stereocenters. The minimum atomic E-state index is -0.0933. The van der Waals surface area contributed by atoms with Gasteiger partial charge in [0.15, 0.2) is 0 Å². The molecule has 0 saturated carbocycles. The predicted molar refractivity (Wildman–Crippen MR) is 115 cm³/mol. The summed E-state index contributed by atoms with van der Waals surface area (Å²) in [6.07, 6.45) is 5.35. The van der Waals surface area contributed by atoms with Gasteiger partial charge >= 0.3 is 0 Å². The molecular weight excluding hydrogens is 366 g/mol. The molecule has 1 amide bonds. The van der Waals surface area contributed by atoms with Crippen LogP contribution in [0.5, 0.6) is 0 Å². The van der Waals surface area contributed by atoms with Crippen molar-refractivity contribution in [2.45, 2.75) is 37.1 Å². The molecule has 5 heteroatoms. The maximum Gasteiger partial charge on any atom is 0.273 e. The number of nitrogens with zero attached hydrogens (tertiary/aromatic N) is 2. The van der Waals surface area contributed by atoms with Crippen LogP contribution in [0.2, 0.25) is 0 Å². The number of carbonyl (C=O) groups excluding carboxylic acids is 1. The first kappa shape index (κ1) is 18.8. The maximum absolute atomic E-state index is 13.2. The fourth-order valence-corrected chi connectivity index (χ4v) is 4.32. The SMILES string of the molecule is CCCCCN1C(=O)c2[nH]nc(-c3ccccc3)c2C1c1ccc(SC)cc1. The fourth-order valence-electron chi connectivity index (χ4n) is 3.91. The molecule has 2 aromatic carbocycles. The second-order valence-corrected chi connectivity index (χ2v) is 7.99. The van der Waals surface area contributed by atoms with E-state index < -0.39 is 0 Å². The summed E-state index contributed by atoms with van der Waals surface area (Å²) in [5.41, 5.74) is 4.69. The lowest BCUT2D eigenvalue weighted by molar-refractivity contribution is 0.0740. The molecule has 0 radical (unpaired) electrons. The average Bonchev–Trinajstić information content (AvgIpc) is 3.28. The predicted octanol–water partition coefficient (Wildman–Crippen LogP) is 5.53. The van der Waals surface area contributed by atoms with Crippen LogP contribution in [-0.2, 0) is 0 Å². The number of H-pyrrole nitrogens is 1. The summed E-state index contributed by atoms with van der Waals surface area (Å²) in [6, 6.07) is 18.6.